The largest absolute Gasteiger partial charge is 0.340 e. The number of nitrogens with one attached hydrogen (secondary N) is 1. The van der Waals surface area contributed by atoms with E-state index in [0.717, 1.165) is 12.1 Å². The van der Waals surface area contributed by atoms with Gasteiger partial charge in [0.2, 0.25) is 0 Å². The predicted molar refractivity (Wildman–Crippen MR) is 93.1 cm³/mol. The number of aryl methyl sites for hydroxylation is 2. The van der Waals surface area contributed by atoms with Crippen molar-refractivity contribution in [1.82, 2.24) is 14.9 Å². The quantitative estimate of drug-likeness (QED) is 0.886. The summed E-state index contributed by atoms with van der Waals surface area (Å²) in [5.74, 6) is 1.15. The van der Waals surface area contributed by atoms with Crippen LogP contribution in [0, 0.1) is 6.92 Å². The molecule has 0 aliphatic heterocycles. The summed E-state index contributed by atoms with van der Waals surface area (Å²) in [7, 11) is 0. The highest BCUT2D eigenvalue weighted by Gasteiger charge is 2.15. The van der Waals surface area contributed by atoms with Crippen LogP contribution < -0.4 is 5.32 Å². The van der Waals surface area contributed by atoms with E-state index in [4.69, 9.17) is 0 Å². The summed E-state index contributed by atoms with van der Waals surface area (Å²) in [5.41, 5.74) is 2.65. The first-order valence-corrected chi connectivity index (χ1v) is 8.08. The molecule has 2 rings (SSSR count). The SMILES string of the molecule is CCc1ccc(Nc2cc(C(=O)N(CC)CC)nc(C)n2)cc1. The number of carbonyl (C=O) groups is 1. The third-order valence-corrected chi connectivity index (χ3v) is 3.74. The molecule has 2 aromatic rings. The average molecular weight is 312 g/mol. The number of carbonyl (C=O) groups excluding carboxylic acids is 1. The molecule has 0 radical (unpaired) electrons. The van der Waals surface area contributed by atoms with Crippen molar-refractivity contribution in [2.75, 3.05) is 18.4 Å². The zero-order valence-electron chi connectivity index (χ0n) is 14.3. The zero-order valence-corrected chi connectivity index (χ0v) is 14.3. The van der Waals surface area contributed by atoms with Crippen LogP contribution in [0.25, 0.3) is 0 Å². The molecule has 1 aromatic heterocycles. The van der Waals surface area contributed by atoms with Gasteiger partial charge in [-0.15, -0.1) is 0 Å². The van der Waals surface area contributed by atoms with E-state index in [1.165, 1.54) is 5.56 Å². The van der Waals surface area contributed by atoms with E-state index < -0.39 is 0 Å². The Hall–Kier alpha value is -2.43. The normalized spacial score (nSPS) is 10.4. The molecule has 5 heteroatoms. The van der Waals surface area contributed by atoms with Crippen molar-refractivity contribution in [3.8, 4) is 0 Å². The molecule has 0 bridgehead atoms. The summed E-state index contributed by atoms with van der Waals surface area (Å²) < 4.78 is 0. The summed E-state index contributed by atoms with van der Waals surface area (Å²) in [6, 6.07) is 9.91. The lowest BCUT2D eigenvalue weighted by Gasteiger charge is -2.18. The Morgan fingerprint density at radius 1 is 1.09 bits per heavy atom. The van der Waals surface area contributed by atoms with Gasteiger partial charge >= 0.3 is 0 Å². The Balaban J connectivity index is 2.24. The van der Waals surface area contributed by atoms with Gasteiger partial charge in [-0.1, -0.05) is 19.1 Å². The van der Waals surface area contributed by atoms with Crippen LogP contribution >= 0.6 is 0 Å². The Bertz CT molecular complexity index is 663. The van der Waals surface area contributed by atoms with E-state index in [9.17, 15) is 4.79 Å². The van der Waals surface area contributed by atoms with Gasteiger partial charge in [0.1, 0.15) is 17.3 Å². The molecule has 1 aromatic carbocycles. The fourth-order valence-electron chi connectivity index (χ4n) is 2.39. The Labute approximate surface area is 137 Å². The van der Waals surface area contributed by atoms with Crippen LogP contribution in [-0.4, -0.2) is 33.9 Å². The molecular formula is C18H24N4O. The highest BCUT2D eigenvalue weighted by Crippen LogP contribution is 2.17. The Morgan fingerprint density at radius 3 is 2.30 bits per heavy atom. The van der Waals surface area contributed by atoms with Crippen molar-refractivity contribution in [2.24, 2.45) is 0 Å². The first kappa shape index (κ1) is 16.9. The summed E-state index contributed by atoms with van der Waals surface area (Å²) in [4.78, 5) is 22.9. The molecule has 0 fully saturated rings. The van der Waals surface area contributed by atoms with Crippen molar-refractivity contribution in [3.05, 3.63) is 47.4 Å². The molecule has 0 saturated heterocycles. The number of amides is 1. The van der Waals surface area contributed by atoms with E-state index in [1.807, 2.05) is 26.0 Å². The molecule has 0 saturated carbocycles. The molecule has 1 heterocycles. The van der Waals surface area contributed by atoms with Gasteiger partial charge in [0.05, 0.1) is 0 Å². The molecule has 0 atom stereocenters. The lowest BCUT2D eigenvalue weighted by atomic mass is 10.1. The first-order chi connectivity index (χ1) is 11.1. The molecule has 0 aliphatic rings. The monoisotopic (exact) mass is 312 g/mol. The lowest BCUT2D eigenvalue weighted by Crippen LogP contribution is -2.31. The van der Waals surface area contributed by atoms with Gasteiger partial charge in [0.25, 0.3) is 5.91 Å². The van der Waals surface area contributed by atoms with Crippen LogP contribution in [-0.2, 0) is 6.42 Å². The van der Waals surface area contributed by atoms with Crippen LogP contribution in [0.4, 0.5) is 11.5 Å². The van der Waals surface area contributed by atoms with Gasteiger partial charge in [0, 0.05) is 24.8 Å². The van der Waals surface area contributed by atoms with Gasteiger partial charge in [-0.05, 0) is 44.9 Å². The smallest absolute Gasteiger partial charge is 0.272 e. The minimum Gasteiger partial charge on any atom is -0.340 e. The van der Waals surface area contributed by atoms with Crippen LogP contribution in [0.1, 0.15) is 42.6 Å². The van der Waals surface area contributed by atoms with Gasteiger partial charge in [0.15, 0.2) is 0 Å². The number of aromatic nitrogens is 2. The predicted octanol–water partition coefficient (Wildman–Crippen LogP) is 3.57. The number of rotatable bonds is 6. The Kier molecular flexibility index (Phi) is 5.68. The van der Waals surface area contributed by atoms with E-state index in [-0.39, 0.29) is 5.91 Å². The maximum Gasteiger partial charge on any atom is 0.272 e. The minimum absolute atomic E-state index is 0.0649. The molecule has 0 spiro atoms. The summed E-state index contributed by atoms with van der Waals surface area (Å²) in [6.07, 6.45) is 1.01. The molecule has 122 valence electrons. The van der Waals surface area contributed by atoms with Crippen LogP contribution in [0.15, 0.2) is 30.3 Å². The van der Waals surface area contributed by atoms with Gasteiger partial charge in [-0.3, -0.25) is 4.79 Å². The van der Waals surface area contributed by atoms with Crippen molar-refractivity contribution >= 4 is 17.4 Å². The first-order valence-electron chi connectivity index (χ1n) is 8.08. The standard InChI is InChI=1S/C18H24N4O/c1-5-14-8-10-15(11-9-14)21-17-12-16(19-13(4)20-17)18(23)22(6-2)7-3/h8-12H,5-7H2,1-4H3,(H,19,20,21). The third-order valence-electron chi connectivity index (χ3n) is 3.74. The van der Waals surface area contributed by atoms with Crippen LogP contribution in [0.2, 0.25) is 0 Å². The second-order valence-corrected chi connectivity index (χ2v) is 5.34. The second-order valence-electron chi connectivity index (χ2n) is 5.34. The number of anilines is 2. The molecule has 0 aliphatic carbocycles. The lowest BCUT2D eigenvalue weighted by molar-refractivity contribution is 0.0766. The van der Waals surface area contributed by atoms with E-state index in [0.29, 0.717) is 30.4 Å². The summed E-state index contributed by atoms with van der Waals surface area (Å²) >= 11 is 0. The van der Waals surface area contributed by atoms with Gasteiger partial charge in [-0.2, -0.15) is 0 Å². The molecule has 1 amide bonds. The summed E-state index contributed by atoms with van der Waals surface area (Å²) in [5, 5.41) is 3.24. The number of benzene rings is 1. The van der Waals surface area contributed by atoms with Crippen molar-refractivity contribution < 1.29 is 4.79 Å². The fourth-order valence-corrected chi connectivity index (χ4v) is 2.39. The Morgan fingerprint density at radius 2 is 1.74 bits per heavy atom. The number of nitrogens with zero attached hydrogens (tertiary/aromatic N) is 3. The van der Waals surface area contributed by atoms with E-state index in [1.54, 1.807) is 17.9 Å². The summed E-state index contributed by atoms with van der Waals surface area (Å²) in [6.45, 7) is 9.18. The molecule has 23 heavy (non-hydrogen) atoms. The molecule has 5 nitrogen and oxygen atoms in total. The molecular weight excluding hydrogens is 288 g/mol. The van der Waals surface area contributed by atoms with Crippen LogP contribution in [0.5, 0.6) is 0 Å². The number of hydrogen-bond acceptors (Lipinski definition) is 4. The van der Waals surface area contributed by atoms with Crippen molar-refractivity contribution in [2.45, 2.75) is 34.1 Å². The van der Waals surface area contributed by atoms with Gasteiger partial charge in [-0.25, -0.2) is 9.97 Å². The van der Waals surface area contributed by atoms with E-state index >= 15 is 0 Å². The minimum atomic E-state index is -0.0649. The number of hydrogen-bond donors (Lipinski definition) is 1. The van der Waals surface area contributed by atoms with Crippen LogP contribution in [0.3, 0.4) is 0 Å². The van der Waals surface area contributed by atoms with Crippen molar-refractivity contribution in [1.29, 1.82) is 0 Å². The zero-order chi connectivity index (χ0) is 16.8. The fraction of sp³-hybridized carbons (Fsp3) is 0.389. The van der Waals surface area contributed by atoms with Gasteiger partial charge < -0.3 is 10.2 Å². The highest BCUT2D eigenvalue weighted by molar-refractivity contribution is 5.93. The maximum absolute atomic E-state index is 12.5. The highest BCUT2D eigenvalue weighted by atomic mass is 16.2. The third kappa shape index (κ3) is 4.28. The van der Waals surface area contributed by atoms with Crippen molar-refractivity contribution in [3.63, 3.8) is 0 Å². The topological polar surface area (TPSA) is 58.1 Å². The molecule has 0 unspecified atom stereocenters. The maximum atomic E-state index is 12.5. The average Bonchev–Trinajstić information content (AvgIpc) is 2.56. The van der Waals surface area contributed by atoms with E-state index in [2.05, 4.69) is 34.3 Å². The molecule has 1 N–H and O–H groups in total. The second kappa shape index (κ2) is 7.72.